The van der Waals surface area contributed by atoms with Crippen molar-refractivity contribution in [2.45, 2.75) is 18.9 Å². The number of carbonyl (C=O) groups is 2. The van der Waals surface area contributed by atoms with E-state index in [9.17, 15) is 9.59 Å². The van der Waals surface area contributed by atoms with Crippen LogP contribution in [-0.2, 0) is 0 Å². The minimum Gasteiger partial charge on any atom is -0.497 e. The zero-order chi connectivity index (χ0) is 17.1. The Kier molecular flexibility index (Phi) is 4.46. The van der Waals surface area contributed by atoms with Crippen LogP contribution in [0, 0.1) is 5.92 Å². The van der Waals surface area contributed by atoms with Crippen LogP contribution >= 0.6 is 0 Å². The summed E-state index contributed by atoms with van der Waals surface area (Å²) in [7, 11) is 1.61. The molecule has 1 amide bonds. The van der Waals surface area contributed by atoms with E-state index in [0.717, 1.165) is 24.2 Å². The summed E-state index contributed by atoms with van der Waals surface area (Å²) in [6.07, 6.45) is 3.46. The average molecular weight is 326 g/mol. The number of aromatic carboxylic acids is 1. The number of aromatic nitrogens is 1. The van der Waals surface area contributed by atoms with Gasteiger partial charge in [-0.25, -0.2) is 9.78 Å². The summed E-state index contributed by atoms with van der Waals surface area (Å²) in [6.45, 7) is 0. The lowest BCUT2D eigenvalue weighted by atomic mass is 10.0. The van der Waals surface area contributed by atoms with Crippen LogP contribution in [0.25, 0.3) is 0 Å². The molecule has 0 bridgehead atoms. The van der Waals surface area contributed by atoms with E-state index in [1.54, 1.807) is 7.11 Å². The standard InChI is InChI=1S/C18H18N2O4/c1-24-14-6-4-12(5-7-14)16(11-2-3-11)20-17(21)13-8-9-19-15(10-13)18(22)23/h4-11,16H,2-3H2,1H3,(H,20,21)(H,22,23). The fraction of sp³-hybridized carbons (Fsp3) is 0.278. The molecule has 124 valence electrons. The van der Waals surface area contributed by atoms with E-state index in [-0.39, 0.29) is 17.6 Å². The quantitative estimate of drug-likeness (QED) is 0.852. The van der Waals surface area contributed by atoms with Crippen molar-refractivity contribution in [3.63, 3.8) is 0 Å². The van der Waals surface area contributed by atoms with Gasteiger partial charge >= 0.3 is 5.97 Å². The molecule has 6 heteroatoms. The molecule has 1 aliphatic carbocycles. The normalized spacial score (nSPS) is 14.7. The van der Waals surface area contributed by atoms with Crippen molar-refractivity contribution in [1.82, 2.24) is 10.3 Å². The highest BCUT2D eigenvalue weighted by Gasteiger charge is 2.33. The second-order valence-electron chi connectivity index (χ2n) is 5.80. The van der Waals surface area contributed by atoms with Gasteiger partial charge < -0.3 is 15.2 Å². The van der Waals surface area contributed by atoms with Crippen molar-refractivity contribution in [3.05, 3.63) is 59.4 Å². The van der Waals surface area contributed by atoms with E-state index in [0.29, 0.717) is 11.5 Å². The largest absolute Gasteiger partial charge is 0.497 e. The van der Waals surface area contributed by atoms with Crippen molar-refractivity contribution in [2.24, 2.45) is 5.92 Å². The topological polar surface area (TPSA) is 88.5 Å². The summed E-state index contributed by atoms with van der Waals surface area (Å²) in [5, 5.41) is 12.0. The van der Waals surface area contributed by atoms with E-state index in [4.69, 9.17) is 9.84 Å². The van der Waals surface area contributed by atoms with Crippen molar-refractivity contribution >= 4 is 11.9 Å². The maximum Gasteiger partial charge on any atom is 0.354 e. The van der Waals surface area contributed by atoms with Gasteiger partial charge in [0.15, 0.2) is 0 Å². The van der Waals surface area contributed by atoms with Crippen molar-refractivity contribution in [2.75, 3.05) is 7.11 Å². The summed E-state index contributed by atoms with van der Waals surface area (Å²) in [4.78, 5) is 27.2. The molecule has 2 aromatic rings. The Labute approximate surface area is 139 Å². The molecule has 6 nitrogen and oxygen atoms in total. The Morgan fingerprint density at radius 3 is 2.54 bits per heavy atom. The lowest BCUT2D eigenvalue weighted by Gasteiger charge is -2.19. The van der Waals surface area contributed by atoms with Gasteiger partial charge in [-0.1, -0.05) is 12.1 Å². The molecule has 1 saturated carbocycles. The highest BCUT2D eigenvalue weighted by atomic mass is 16.5. The number of nitrogens with zero attached hydrogens (tertiary/aromatic N) is 1. The molecule has 1 aliphatic rings. The third-order valence-electron chi connectivity index (χ3n) is 4.10. The Bertz CT molecular complexity index is 754. The van der Waals surface area contributed by atoms with Crippen LogP contribution in [0.3, 0.4) is 0 Å². The minimum atomic E-state index is -1.15. The van der Waals surface area contributed by atoms with Gasteiger partial charge in [0.05, 0.1) is 13.2 Å². The zero-order valence-electron chi connectivity index (χ0n) is 13.2. The van der Waals surface area contributed by atoms with Gasteiger partial charge in [0.25, 0.3) is 5.91 Å². The van der Waals surface area contributed by atoms with Gasteiger partial charge in [0.2, 0.25) is 0 Å². The molecule has 1 aromatic carbocycles. The molecule has 0 radical (unpaired) electrons. The van der Waals surface area contributed by atoms with Crippen LogP contribution in [-0.4, -0.2) is 29.1 Å². The van der Waals surface area contributed by atoms with E-state index in [2.05, 4.69) is 10.3 Å². The van der Waals surface area contributed by atoms with Gasteiger partial charge in [-0.05, 0) is 48.6 Å². The minimum absolute atomic E-state index is 0.0927. The maximum absolute atomic E-state index is 12.5. The monoisotopic (exact) mass is 326 g/mol. The Hall–Kier alpha value is -2.89. The van der Waals surface area contributed by atoms with Crippen LogP contribution in [0.2, 0.25) is 0 Å². The number of carbonyl (C=O) groups excluding carboxylic acids is 1. The number of ether oxygens (including phenoxy) is 1. The number of carboxylic acid groups (broad SMARTS) is 1. The highest BCUT2D eigenvalue weighted by molar-refractivity contribution is 5.96. The number of carboxylic acids is 1. The van der Waals surface area contributed by atoms with Crippen LogP contribution in [0.1, 0.15) is 45.3 Å². The fourth-order valence-electron chi connectivity index (χ4n) is 2.63. The number of hydrogen-bond donors (Lipinski definition) is 2. The molecule has 1 heterocycles. The van der Waals surface area contributed by atoms with E-state index >= 15 is 0 Å². The number of amides is 1. The second kappa shape index (κ2) is 6.70. The predicted octanol–water partition coefficient (Wildman–Crippen LogP) is 2.67. The van der Waals surface area contributed by atoms with Gasteiger partial charge in [0, 0.05) is 11.8 Å². The molecule has 1 atom stereocenters. The summed E-state index contributed by atoms with van der Waals surface area (Å²) in [5.74, 6) is -0.283. The molecule has 0 aliphatic heterocycles. The molecule has 3 rings (SSSR count). The first-order valence-corrected chi connectivity index (χ1v) is 7.72. The Balaban J connectivity index is 1.79. The number of hydrogen-bond acceptors (Lipinski definition) is 4. The lowest BCUT2D eigenvalue weighted by molar-refractivity contribution is 0.0690. The molecule has 0 saturated heterocycles. The van der Waals surface area contributed by atoms with Crippen LogP contribution in [0.4, 0.5) is 0 Å². The number of benzene rings is 1. The molecule has 1 aromatic heterocycles. The smallest absolute Gasteiger partial charge is 0.354 e. The summed E-state index contributed by atoms with van der Waals surface area (Å²) in [5.41, 5.74) is 1.16. The molecule has 1 unspecified atom stereocenters. The van der Waals surface area contributed by atoms with Crippen LogP contribution in [0.15, 0.2) is 42.6 Å². The molecule has 0 spiro atoms. The second-order valence-corrected chi connectivity index (χ2v) is 5.80. The van der Waals surface area contributed by atoms with E-state index in [1.165, 1.54) is 18.3 Å². The van der Waals surface area contributed by atoms with Crippen molar-refractivity contribution < 1.29 is 19.4 Å². The average Bonchev–Trinajstić information content (AvgIpc) is 3.44. The summed E-state index contributed by atoms with van der Waals surface area (Å²) < 4.78 is 5.16. The third-order valence-corrected chi connectivity index (χ3v) is 4.10. The Morgan fingerprint density at radius 1 is 1.25 bits per heavy atom. The molecule has 24 heavy (non-hydrogen) atoms. The number of nitrogens with one attached hydrogen (secondary N) is 1. The number of pyridine rings is 1. The van der Waals surface area contributed by atoms with Crippen molar-refractivity contribution in [1.29, 1.82) is 0 Å². The first-order chi connectivity index (χ1) is 11.6. The third kappa shape index (κ3) is 3.53. The van der Waals surface area contributed by atoms with Crippen LogP contribution in [0.5, 0.6) is 5.75 Å². The predicted molar refractivity (Wildman–Crippen MR) is 87.1 cm³/mol. The van der Waals surface area contributed by atoms with E-state index < -0.39 is 5.97 Å². The van der Waals surface area contributed by atoms with E-state index in [1.807, 2.05) is 24.3 Å². The van der Waals surface area contributed by atoms with Gasteiger partial charge in [-0.2, -0.15) is 0 Å². The van der Waals surface area contributed by atoms with Gasteiger partial charge in [-0.15, -0.1) is 0 Å². The first kappa shape index (κ1) is 16.0. The lowest BCUT2D eigenvalue weighted by Crippen LogP contribution is -2.30. The highest BCUT2D eigenvalue weighted by Crippen LogP contribution is 2.41. The maximum atomic E-state index is 12.5. The molecular weight excluding hydrogens is 308 g/mol. The van der Waals surface area contributed by atoms with Crippen molar-refractivity contribution in [3.8, 4) is 5.75 Å². The first-order valence-electron chi connectivity index (χ1n) is 7.72. The summed E-state index contributed by atoms with van der Waals surface area (Å²) >= 11 is 0. The molecular formula is C18H18N2O4. The van der Waals surface area contributed by atoms with Gasteiger partial charge in [-0.3, -0.25) is 4.79 Å². The number of methoxy groups -OCH3 is 1. The summed E-state index contributed by atoms with van der Waals surface area (Å²) in [6, 6.07) is 10.3. The molecule has 1 fully saturated rings. The number of rotatable bonds is 6. The molecule has 2 N–H and O–H groups in total. The zero-order valence-corrected chi connectivity index (χ0v) is 13.2. The SMILES string of the molecule is COc1ccc(C(NC(=O)c2ccnc(C(=O)O)c2)C2CC2)cc1. The fourth-order valence-corrected chi connectivity index (χ4v) is 2.63. The van der Waals surface area contributed by atoms with Crippen LogP contribution < -0.4 is 10.1 Å². The van der Waals surface area contributed by atoms with Gasteiger partial charge in [0.1, 0.15) is 11.4 Å². The Morgan fingerprint density at radius 2 is 1.96 bits per heavy atom.